The van der Waals surface area contributed by atoms with Crippen LogP contribution in [0.15, 0.2) is 84.3 Å². The van der Waals surface area contributed by atoms with Crippen molar-refractivity contribution >= 4 is 33.4 Å². The molecule has 0 bridgehead atoms. The van der Waals surface area contributed by atoms with Gasteiger partial charge in [-0.15, -0.1) is 0 Å². The van der Waals surface area contributed by atoms with E-state index < -0.39 is 16.0 Å². The Hall–Kier alpha value is -3.38. The molecular formula is C22H19NO4S. The highest BCUT2D eigenvalue weighted by atomic mass is 32.2. The van der Waals surface area contributed by atoms with Crippen molar-refractivity contribution in [2.45, 2.75) is 11.8 Å². The average Bonchev–Trinajstić information content (AvgIpc) is 2.69. The van der Waals surface area contributed by atoms with E-state index in [-0.39, 0.29) is 10.5 Å². The number of nitrogens with zero attached hydrogens (tertiary/aromatic N) is 1. The van der Waals surface area contributed by atoms with E-state index in [2.05, 4.69) is 6.58 Å². The molecule has 0 aliphatic rings. The van der Waals surface area contributed by atoms with Gasteiger partial charge in [-0.1, -0.05) is 49.1 Å². The van der Waals surface area contributed by atoms with E-state index in [1.54, 1.807) is 67.6 Å². The minimum Gasteiger partial charge on any atom is -0.478 e. The molecule has 3 aromatic carbocycles. The fraction of sp³-hybridized carbons (Fsp3) is 0.0455. The zero-order valence-corrected chi connectivity index (χ0v) is 16.1. The van der Waals surface area contributed by atoms with Crippen molar-refractivity contribution in [3.63, 3.8) is 0 Å². The van der Waals surface area contributed by atoms with Crippen LogP contribution in [0.1, 0.15) is 21.5 Å². The van der Waals surface area contributed by atoms with Gasteiger partial charge in [-0.05, 0) is 54.4 Å². The Bertz CT molecular complexity index is 1120. The molecule has 0 aromatic heterocycles. The Kier molecular flexibility index (Phi) is 5.33. The zero-order valence-electron chi connectivity index (χ0n) is 15.2. The lowest BCUT2D eigenvalue weighted by Crippen LogP contribution is -2.26. The van der Waals surface area contributed by atoms with Gasteiger partial charge in [0, 0.05) is 0 Å². The highest BCUT2D eigenvalue weighted by molar-refractivity contribution is 7.93. The molecule has 0 aliphatic heterocycles. The fourth-order valence-electron chi connectivity index (χ4n) is 2.83. The SMILES string of the molecule is C=Cc1ccc(N(c2ccccc2)S(=O)(=O)c2ccc(C)c(C(=O)O)c2)cc1. The summed E-state index contributed by atoms with van der Waals surface area (Å²) < 4.78 is 28.2. The van der Waals surface area contributed by atoms with Gasteiger partial charge in [-0.2, -0.15) is 0 Å². The smallest absolute Gasteiger partial charge is 0.335 e. The average molecular weight is 393 g/mol. The standard InChI is InChI=1S/C22H19NO4S/c1-3-17-10-12-19(13-11-17)23(18-7-5-4-6-8-18)28(26,27)20-14-9-16(2)21(15-20)22(24)25/h3-15H,1H2,2H3,(H,24,25). The Morgan fingerprint density at radius 2 is 1.57 bits per heavy atom. The number of aromatic carboxylic acids is 1. The number of hydrogen-bond acceptors (Lipinski definition) is 3. The molecule has 0 spiro atoms. The second-order valence-corrected chi connectivity index (χ2v) is 7.97. The largest absolute Gasteiger partial charge is 0.478 e. The maximum Gasteiger partial charge on any atom is 0.335 e. The summed E-state index contributed by atoms with van der Waals surface area (Å²) in [6.45, 7) is 5.33. The van der Waals surface area contributed by atoms with Gasteiger partial charge in [0.2, 0.25) is 0 Å². The lowest BCUT2D eigenvalue weighted by atomic mass is 10.1. The van der Waals surface area contributed by atoms with E-state index >= 15 is 0 Å². The van der Waals surface area contributed by atoms with Crippen molar-refractivity contribution in [2.24, 2.45) is 0 Å². The van der Waals surface area contributed by atoms with Crippen LogP contribution in [0.3, 0.4) is 0 Å². The molecule has 3 aromatic rings. The van der Waals surface area contributed by atoms with Gasteiger partial charge in [0.1, 0.15) is 0 Å². The predicted molar refractivity (Wildman–Crippen MR) is 110 cm³/mol. The summed E-state index contributed by atoms with van der Waals surface area (Å²) in [5.74, 6) is -1.17. The highest BCUT2D eigenvalue weighted by Gasteiger charge is 2.27. The molecule has 5 nitrogen and oxygen atoms in total. The van der Waals surface area contributed by atoms with Crippen LogP contribution in [-0.2, 0) is 10.0 Å². The number of rotatable bonds is 6. The third-order valence-electron chi connectivity index (χ3n) is 4.33. The highest BCUT2D eigenvalue weighted by Crippen LogP contribution is 2.33. The van der Waals surface area contributed by atoms with E-state index in [1.807, 2.05) is 0 Å². The van der Waals surface area contributed by atoms with Gasteiger partial charge in [0.25, 0.3) is 10.0 Å². The first kappa shape index (κ1) is 19.4. The second kappa shape index (κ2) is 7.70. The Morgan fingerprint density at radius 1 is 0.964 bits per heavy atom. The molecule has 1 N–H and O–H groups in total. The maximum atomic E-state index is 13.5. The van der Waals surface area contributed by atoms with Crippen molar-refractivity contribution in [1.82, 2.24) is 0 Å². The number of benzene rings is 3. The molecule has 0 fully saturated rings. The van der Waals surface area contributed by atoms with Crippen LogP contribution >= 0.6 is 0 Å². The lowest BCUT2D eigenvalue weighted by molar-refractivity contribution is 0.0696. The third kappa shape index (κ3) is 3.68. The molecule has 0 saturated carbocycles. The minimum absolute atomic E-state index is 0.0453. The summed E-state index contributed by atoms with van der Waals surface area (Å²) in [6.07, 6.45) is 1.67. The molecule has 3 rings (SSSR count). The van der Waals surface area contributed by atoms with E-state index in [1.165, 1.54) is 22.5 Å². The number of carboxylic acids is 1. The van der Waals surface area contributed by atoms with Gasteiger partial charge in [-0.25, -0.2) is 17.5 Å². The second-order valence-electron chi connectivity index (χ2n) is 6.18. The van der Waals surface area contributed by atoms with Gasteiger partial charge in [0.05, 0.1) is 21.8 Å². The summed E-state index contributed by atoms with van der Waals surface area (Å²) in [6, 6.07) is 19.7. The molecule has 0 saturated heterocycles. The van der Waals surface area contributed by atoms with Crippen molar-refractivity contribution in [3.05, 3.63) is 96.1 Å². The number of carboxylic acid groups (broad SMARTS) is 1. The van der Waals surface area contributed by atoms with Crippen molar-refractivity contribution in [3.8, 4) is 0 Å². The first-order valence-electron chi connectivity index (χ1n) is 8.51. The zero-order chi connectivity index (χ0) is 20.3. The van der Waals surface area contributed by atoms with E-state index in [0.29, 0.717) is 16.9 Å². The van der Waals surface area contributed by atoms with Crippen molar-refractivity contribution in [2.75, 3.05) is 4.31 Å². The lowest BCUT2D eigenvalue weighted by Gasteiger charge is -2.25. The summed E-state index contributed by atoms with van der Waals surface area (Å²) in [4.78, 5) is 11.4. The van der Waals surface area contributed by atoms with Gasteiger partial charge in [-0.3, -0.25) is 0 Å². The number of para-hydroxylation sites is 1. The summed E-state index contributed by atoms with van der Waals surface area (Å²) in [5, 5.41) is 9.37. The fourth-order valence-corrected chi connectivity index (χ4v) is 4.35. The number of aryl methyl sites for hydroxylation is 1. The molecule has 6 heteroatoms. The van der Waals surface area contributed by atoms with Gasteiger partial charge in [0.15, 0.2) is 0 Å². The van der Waals surface area contributed by atoms with Gasteiger partial charge >= 0.3 is 5.97 Å². The summed E-state index contributed by atoms with van der Waals surface area (Å²) >= 11 is 0. The van der Waals surface area contributed by atoms with Crippen LogP contribution in [-0.4, -0.2) is 19.5 Å². The Labute approximate surface area is 164 Å². The third-order valence-corrected chi connectivity index (χ3v) is 6.08. The first-order chi connectivity index (χ1) is 13.3. The quantitative estimate of drug-likeness (QED) is 0.649. The number of hydrogen-bond donors (Lipinski definition) is 1. The van der Waals surface area contributed by atoms with E-state index in [4.69, 9.17) is 0 Å². The Morgan fingerprint density at radius 3 is 2.14 bits per heavy atom. The summed E-state index contributed by atoms with van der Waals surface area (Å²) in [7, 11) is -4.06. The molecule has 28 heavy (non-hydrogen) atoms. The van der Waals surface area contributed by atoms with Crippen LogP contribution < -0.4 is 4.31 Å². The molecule has 0 aliphatic carbocycles. The predicted octanol–water partition coefficient (Wildman–Crippen LogP) is 4.86. The van der Waals surface area contributed by atoms with Crippen LogP contribution in [0, 0.1) is 6.92 Å². The first-order valence-corrected chi connectivity index (χ1v) is 9.95. The van der Waals surface area contributed by atoms with Crippen molar-refractivity contribution < 1.29 is 18.3 Å². The molecule has 0 atom stereocenters. The van der Waals surface area contributed by atoms with Crippen LogP contribution in [0.5, 0.6) is 0 Å². The van der Waals surface area contributed by atoms with E-state index in [9.17, 15) is 18.3 Å². The van der Waals surface area contributed by atoms with E-state index in [0.717, 1.165) is 5.56 Å². The van der Waals surface area contributed by atoms with Crippen LogP contribution in [0.2, 0.25) is 0 Å². The normalized spacial score (nSPS) is 11.0. The molecule has 0 amide bonds. The maximum absolute atomic E-state index is 13.5. The summed E-state index contributed by atoms with van der Waals surface area (Å²) in [5.41, 5.74) is 2.20. The number of carbonyl (C=O) groups is 1. The van der Waals surface area contributed by atoms with Gasteiger partial charge < -0.3 is 5.11 Å². The van der Waals surface area contributed by atoms with Crippen LogP contribution in [0.25, 0.3) is 6.08 Å². The molecule has 0 unspecified atom stereocenters. The number of sulfonamides is 1. The Balaban J connectivity index is 2.20. The molecule has 142 valence electrons. The molecule has 0 radical (unpaired) electrons. The molecular weight excluding hydrogens is 374 g/mol. The van der Waals surface area contributed by atoms with Crippen LogP contribution in [0.4, 0.5) is 11.4 Å². The monoisotopic (exact) mass is 393 g/mol. The number of anilines is 2. The van der Waals surface area contributed by atoms with Crippen molar-refractivity contribution in [1.29, 1.82) is 0 Å². The minimum atomic E-state index is -4.06. The topological polar surface area (TPSA) is 74.7 Å². The molecule has 0 heterocycles.